The van der Waals surface area contributed by atoms with Gasteiger partial charge in [-0.25, -0.2) is 0 Å². The number of rotatable bonds is 4. The Morgan fingerprint density at radius 2 is 2.22 bits per heavy atom. The van der Waals surface area contributed by atoms with Crippen molar-refractivity contribution in [2.45, 2.75) is 19.9 Å². The molecule has 0 aliphatic rings. The predicted molar refractivity (Wildman–Crippen MR) is 67.9 cm³/mol. The van der Waals surface area contributed by atoms with Gasteiger partial charge >= 0.3 is 0 Å². The number of pyridine rings is 1. The van der Waals surface area contributed by atoms with Gasteiger partial charge < -0.3 is 10.5 Å². The van der Waals surface area contributed by atoms with Crippen LogP contribution in [-0.4, -0.2) is 20.6 Å². The van der Waals surface area contributed by atoms with E-state index in [0.717, 1.165) is 0 Å². The van der Waals surface area contributed by atoms with E-state index in [1.807, 2.05) is 13.8 Å². The van der Waals surface area contributed by atoms with Crippen LogP contribution < -0.4 is 10.5 Å². The van der Waals surface area contributed by atoms with Gasteiger partial charge in [0.1, 0.15) is 5.84 Å². The van der Waals surface area contributed by atoms with E-state index >= 15 is 0 Å². The zero-order valence-corrected chi connectivity index (χ0v) is 10.3. The number of nitrogens with two attached hydrogens (primary N) is 1. The largest absolute Gasteiger partial charge is 0.452 e. The van der Waals surface area contributed by atoms with E-state index in [2.05, 4.69) is 10.1 Å². The molecule has 2 rings (SSSR count). The fraction of sp³-hybridized carbons (Fsp3) is 0.250. The highest BCUT2D eigenvalue weighted by molar-refractivity contribution is 5.97. The second-order valence-electron chi connectivity index (χ2n) is 4.14. The smallest absolute Gasteiger partial charge is 0.165 e. The van der Waals surface area contributed by atoms with Gasteiger partial charge in [0.05, 0.1) is 24.2 Å². The number of ether oxygens (including phenoxy) is 1. The third-order valence-electron chi connectivity index (χ3n) is 2.41. The van der Waals surface area contributed by atoms with Crippen LogP contribution in [0.2, 0.25) is 0 Å². The minimum absolute atomic E-state index is 0.0522. The fourth-order valence-corrected chi connectivity index (χ4v) is 1.47. The van der Waals surface area contributed by atoms with Crippen molar-refractivity contribution in [3.05, 3.63) is 36.4 Å². The van der Waals surface area contributed by atoms with E-state index in [-0.39, 0.29) is 11.9 Å². The second-order valence-corrected chi connectivity index (χ2v) is 4.14. The average Bonchev–Trinajstić information content (AvgIpc) is 2.78. The molecule has 2 aromatic rings. The van der Waals surface area contributed by atoms with Gasteiger partial charge in [-0.1, -0.05) is 0 Å². The summed E-state index contributed by atoms with van der Waals surface area (Å²) in [7, 11) is 0. The van der Waals surface area contributed by atoms with Crippen molar-refractivity contribution in [2.24, 2.45) is 5.73 Å². The van der Waals surface area contributed by atoms with Gasteiger partial charge in [0.2, 0.25) is 0 Å². The summed E-state index contributed by atoms with van der Waals surface area (Å²) in [6.45, 7) is 4.06. The summed E-state index contributed by atoms with van der Waals surface area (Å²) >= 11 is 0. The number of nitrogen functional groups attached to an aromatic ring is 1. The molecule has 0 saturated carbocycles. The van der Waals surface area contributed by atoms with Gasteiger partial charge in [0.15, 0.2) is 11.5 Å². The van der Waals surface area contributed by atoms with E-state index in [1.165, 1.54) is 6.20 Å². The first-order valence-corrected chi connectivity index (χ1v) is 5.58. The minimum Gasteiger partial charge on any atom is -0.452 e. The molecule has 0 aliphatic heterocycles. The summed E-state index contributed by atoms with van der Waals surface area (Å²) in [4.78, 5) is 3.96. The van der Waals surface area contributed by atoms with Crippen LogP contribution in [0.25, 0.3) is 0 Å². The number of hydrogen-bond donors (Lipinski definition) is 2. The van der Waals surface area contributed by atoms with Gasteiger partial charge in [-0.05, 0) is 19.9 Å². The standard InChI is InChI=1S/C12H15N5O/c1-8(2)17-7-9(5-16-17)18-11-6-15-4-3-10(11)12(13)14/h3-8H,1-2H3,(H3,13,14). The quantitative estimate of drug-likeness (QED) is 0.636. The van der Waals surface area contributed by atoms with Crippen LogP contribution in [0.15, 0.2) is 30.9 Å². The molecular formula is C12H15N5O. The molecule has 0 aromatic carbocycles. The van der Waals surface area contributed by atoms with Gasteiger partial charge in [0.25, 0.3) is 0 Å². The fourth-order valence-electron chi connectivity index (χ4n) is 1.47. The Morgan fingerprint density at radius 1 is 1.44 bits per heavy atom. The topological polar surface area (TPSA) is 89.8 Å². The van der Waals surface area contributed by atoms with Gasteiger partial charge in [0, 0.05) is 12.2 Å². The second kappa shape index (κ2) is 4.87. The van der Waals surface area contributed by atoms with Gasteiger partial charge in [-0.2, -0.15) is 5.10 Å². The molecule has 0 saturated heterocycles. The normalized spacial score (nSPS) is 10.6. The van der Waals surface area contributed by atoms with Crippen LogP contribution in [-0.2, 0) is 0 Å². The number of nitrogens with zero attached hydrogens (tertiary/aromatic N) is 3. The molecule has 6 nitrogen and oxygen atoms in total. The van der Waals surface area contributed by atoms with Crippen LogP contribution in [0, 0.1) is 5.41 Å². The lowest BCUT2D eigenvalue weighted by molar-refractivity contribution is 0.474. The van der Waals surface area contributed by atoms with Gasteiger partial charge in [-0.3, -0.25) is 15.1 Å². The molecule has 0 unspecified atom stereocenters. The van der Waals surface area contributed by atoms with Crippen molar-refractivity contribution in [2.75, 3.05) is 0 Å². The molecule has 2 aromatic heterocycles. The first-order chi connectivity index (χ1) is 8.58. The Labute approximate surface area is 105 Å². The molecular weight excluding hydrogens is 230 g/mol. The van der Waals surface area contributed by atoms with Gasteiger partial charge in [-0.15, -0.1) is 0 Å². The first kappa shape index (κ1) is 12.1. The Morgan fingerprint density at radius 3 is 2.83 bits per heavy atom. The molecule has 94 valence electrons. The highest BCUT2D eigenvalue weighted by atomic mass is 16.5. The van der Waals surface area contributed by atoms with E-state index in [4.69, 9.17) is 15.9 Å². The number of aromatic nitrogens is 3. The highest BCUT2D eigenvalue weighted by Gasteiger charge is 2.09. The molecule has 2 heterocycles. The zero-order valence-electron chi connectivity index (χ0n) is 10.3. The maximum atomic E-state index is 7.46. The highest BCUT2D eigenvalue weighted by Crippen LogP contribution is 2.24. The molecule has 0 atom stereocenters. The summed E-state index contributed by atoms with van der Waals surface area (Å²) in [5.41, 5.74) is 5.99. The van der Waals surface area contributed by atoms with Crippen molar-refractivity contribution in [1.29, 1.82) is 5.41 Å². The lowest BCUT2D eigenvalue weighted by Crippen LogP contribution is -2.12. The van der Waals surface area contributed by atoms with Crippen LogP contribution in [0.1, 0.15) is 25.5 Å². The predicted octanol–water partition coefficient (Wildman–Crippen LogP) is 1.94. The number of amidine groups is 1. The van der Waals surface area contributed by atoms with E-state index in [9.17, 15) is 0 Å². The van der Waals surface area contributed by atoms with Crippen molar-refractivity contribution < 1.29 is 4.74 Å². The molecule has 0 radical (unpaired) electrons. The van der Waals surface area contributed by atoms with E-state index in [1.54, 1.807) is 29.3 Å². The Hall–Kier alpha value is -2.37. The minimum atomic E-state index is -0.0522. The lowest BCUT2D eigenvalue weighted by atomic mass is 10.2. The Kier molecular flexibility index (Phi) is 3.27. The van der Waals surface area contributed by atoms with E-state index in [0.29, 0.717) is 17.1 Å². The molecule has 18 heavy (non-hydrogen) atoms. The third-order valence-corrected chi connectivity index (χ3v) is 2.41. The maximum absolute atomic E-state index is 7.46. The number of nitrogens with one attached hydrogen (secondary N) is 1. The van der Waals surface area contributed by atoms with Crippen LogP contribution >= 0.6 is 0 Å². The summed E-state index contributed by atoms with van der Waals surface area (Å²) in [6, 6.07) is 1.91. The molecule has 0 amide bonds. The zero-order chi connectivity index (χ0) is 13.1. The van der Waals surface area contributed by atoms with E-state index < -0.39 is 0 Å². The maximum Gasteiger partial charge on any atom is 0.165 e. The molecule has 6 heteroatoms. The molecule has 0 aliphatic carbocycles. The molecule has 0 spiro atoms. The summed E-state index contributed by atoms with van der Waals surface area (Å²) in [5.74, 6) is 0.996. The monoisotopic (exact) mass is 245 g/mol. The average molecular weight is 245 g/mol. The number of hydrogen-bond acceptors (Lipinski definition) is 4. The van der Waals surface area contributed by atoms with Crippen molar-refractivity contribution in [3.8, 4) is 11.5 Å². The van der Waals surface area contributed by atoms with Crippen LogP contribution in [0.3, 0.4) is 0 Å². The van der Waals surface area contributed by atoms with Crippen molar-refractivity contribution in [1.82, 2.24) is 14.8 Å². The summed E-state index contributed by atoms with van der Waals surface area (Å²) < 4.78 is 7.43. The Bertz CT molecular complexity index is 561. The lowest BCUT2D eigenvalue weighted by Gasteiger charge is -2.07. The van der Waals surface area contributed by atoms with Crippen molar-refractivity contribution in [3.63, 3.8) is 0 Å². The summed E-state index contributed by atoms with van der Waals surface area (Å²) in [6.07, 6.45) is 6.52. The van der Waals surface area contributed by atoms with Crippen molar-refractivity contribution >= 4 is 5.84 Å². The van der Waals surface area contributed by atoms with Crippen LogP contribution in [0.4, 0.5) is 0 Å². The SMILES string of the molecule is CC(C)n1cc(Oc2cnccc2C(=N)N)cn1. The third kappa shape index (κ3) is 2.48. The first-order valence-electron chi connectivity index (χ1n) is 5.58. The Balaban J connectivity index is 2.25. The molecule has 0 fully saturated rings. The summed E-state index contributed by atoms with van der Waals surface area (Å²) in [5, 5.41) is 11.6. The van der Waals surface area contributed by atoms with Crippen LogP contribution in [0.5, 0.6) is 11.5 Å². The molecule has 3 N–H and O–H groups in total. The molecule has 0 bridgehead atoms.